The highest BCUT2D eigenvalue weighted by molar-refractivity contribution is 5.69. The van der Waals surface area contributed by atoms with Crippen LogP contribution in [0, 0.1) is 5.92 Å². The van der Waals surface area contributed by atoms with Gasteiger partial charge in [0, 0.05) is 13.1 Å². The highest BCUT2D eigenvalue weighted by Gasteiger charge is 2.13. The number of carboxylic acid groups (broad SMARTS) is 1. The van der Waals surface area contributed by atoms with Gasteiger partial charge >= 0.3 is 5.97 Å². The van der Waals surface area contributed by atoms with Gasteiger partial charge in [-0.3, -0.25) is 9.69 Å². The van der Waals surface area contributed by atoms with Gasteiger partial charge in [0.15, 0.2) is 0 Å². The molecule has 0 spiro atoms. The summed E-state index contributed by atoms with van der Waals surface area (Å²) in [5.41, 5.74) is 0. The molecule has 0 radical (unpaired) electrons. The van der Waals surface area contributed by atoms with E-state index in [4.69, 9.17) is 5.11 Å². The zero-order valence-corrected chi connectivity index (χ0v) is 7.36. The maximum atomic E-state index is 10.5. The first-order chi connectivity index (χ1) is 5.70. The normalized spacial score (nSPS) is 19.8. The predicted octanol–water partition coefficient (Wildman–Crippen LogP) is 0.969. The molecule has 0 aromatic rings. The quantitative estimate of drug-likeness (QED) is 0.637. The summed E-state index contributed by atoms with van der Waals surface area (Å²) in [4.78, 5) is 12.7. The fourth-order valence-corrected chi connectivity index (χ4v) is 1.20. The Labute approximate surface area is 72.7 Å². The minimum Gasteiger partial charge on any atom is -0.481 e. The topological polar surface area (TPSA) is 40.5 Å². The number of aliphatic carboxylic acids is 1. The predicted molar refractivity (Wildman–Crippen MR) is 47.0 cm³/mol. The van der Waals surface area contributed by atoms with Crippen LogP contribution in [-0.2, 0) is 4.79 Å². The summed E-state index contributed by atoms with van der Waals surface area (Å²) in [7, 11) is 0. The Bertz CT molecular complexity index is 181. The molecule has 0 aromatic heterocycles. The van der Waals surface area contributed by atoms with Crippen LogP contribution >= 0.6 is 0 Å². The number of nitrogens with zero attached hydrogens (tertiary/aromatic N) is 1. The maximum absolute atomic E-state index is 10.5. The van der Waals surface area contributed by atoms with E-state index in [2.05, 4.69) is 17.1 Å². The molecule has 1 N–H and O–H groups in total. The van der Waals surface area contributed by atoms with Crippen LogP contribution in [0.2, 0.25) is 0 Å². The maximum Gasteiger partial charge on any atom is 0.306 e. The van der Waals surface area contributed by atoms with Gasteiger partial charge in [-0.2, -0.15) is 0 Å². The largest absolute Gasteiger partial charge is 0.481 e. The second-order valence-corrected chi connectivity index (χ2v) is 3.26. The van der Waals surface area contributed by atoms with E-state index in [0.29, 0.717) is 0 Å². The van der Waals surface area contributed by atoms with E-state index in [1.807, 2.05) is 0 Å². The van der Waals surface area contributed by atoms with Crippen LogP contribution in [0.15, 0.2) is 12.2 Å². The molecule has 0 fully saturated rings. The fourth-order valence-electron chi connectivity index (χ4n) is 1.20. The molecule has 0 aromatic carbocycles. The van der Waals surface area contributed by atoms with E-state index in [1.54, 1.807) is 6.92 Å². The van der Waals surface area contributed by atoms with E-state index in [0.717, 1.165) is 26.1 Å². The van der Waals surface area contributed by atoms with Gasteiger partial charge < -0.3 is 5.11 Å². The van der Waals surface area contributed by atoms with Crippen LogP contribution in [-0.4, -0.2) is 35.6 Å². The fraction of sp³-hybridized carbons (Fsp3) is 0.667. The van der Waals surface area contributed by atoms with Crippen molar-refractivity contribution in [2.45, 2.75) is 13.3 Å². The molecule has 1 unspecified atom stereocenters. The van der Waals surface area contributed by atoms with Crippen molar-refractivity contribution >= 4 is 5.97 Å². The third kappa shape index (κ3) is 2.66. The summed E-state index contributed by atoms with van der Waals surface area (Å²) in [6, 6.07) is 0. The second kappa shape index (κ2) is 4.26. The minimum atomic E-state index is -0.692. The summed E-state index contributed by atoms with van der Waals surface area (Å²) < 4.78 is 0. The van der Waals surface area contributed by atoms with Crippen LogP contribution < -0.4 is 0 Å². The molecule has 1 heterocycles. The first kappa shape index (κ1) is 9.26. The van der Waals surface area contributed by atoms with Crippen molar-refractivity contribution in [2.75, 3.05) is 19.6 Å². The summed E-state index contributed by atoms with van der Waals surface area (Å²) >= 11 is 0. The van der Waals surface area contributed by atoms with E-state index in [-0.39, 0.29) is 5.92 Å². The third-order valence-electron chi connectivity index (χ3n) is 2.19. The van der Waals surface area contributed by atoms with Crippen molar-refractivity contribution in [1.29, 1.82) is 0 Å². The lowest BCUT2D eigenvalue weighted by Crippen LogP contribution is -2.24. The van der Waals surface area contributed by atoms with Crippen molar-refractivity contribution in [3.05, 3.63) is 12.2 Å². The molecule has 1 aliphatic heterocycles. The Hall–Kier alpha value is -0.830. The summed E-state index contributed by atoms with van der Waals surface area (Å²) in [5.74, 6) is -0.909. The van der Waals surface area contributed by atoms with Gasteiger partial charge in [-0.1, -0.05) is 19.1 Å². The van der Waals surface area contributed by atoms with Crippen LogP contribution in [0.5, 0.6) is 0 Å². The van der Waals surface area contributed by atoms with Crippen molar-refractivity contribution < 1.29 is 9.90 Å². The van der Waals surface area contributed by atoms with Crippen molar-refractivity contribution in [2.24, 2.45) is 5.92 Å². The molecule has 1 rings (SSSR count). The summed E-state index contributed by atoms with van der Waals surface area (Å²) in [6.45, 7) is 4.60. The first-order valence-electron chi connectivity index (χ1n) is 4.30. The lowest BCUT2D eigenvalue weighted by atomic mass is 10.1. The minimum absolute atomic E-state index is 0.217. The molecular weight excluding hydrogens is 154 g/mol. The summed E-state index contributed by atoms with van der Waals surface area (Å²) in [6.07, 6.45) is 4.98. The van der Waals surface area contributed by atoms with Crippen molar-refractivity contribution in [3.8, 4) is 0 Å². The average molecular weight is 169 g/mol. The monoisotopic (exact) mass is 169 g/mol. The molecular formula is C9H15NO2. The first-order valence-corrected chi connectivity index (χ1v) is 4.30. The highest BCUT2D eigenvalue weighted by atomic mass is 16.4. The van der Waals surface area contributed by atoms with Gasteiger partial charge in [0.1, 0.15) is 0 Å². The number of hydrogen-bond donors (Lipinski definition) is 1. The molecule has 0 saturated heterocycles. The number of carbonyl (C=O) groups is 1. The molecule has 12 heavy (non-hydrogen) atoms. The van der Waals surface area contributed by atoms with Crippen molar-refractivity contribution in [3.63, 3.8) is 0 Å². The van der Waals surface area contributed by atoms with E-state index < -0.39 is 5.97 Å². The third-order valence-corrected chi connectivity index (χ3v) is 2.19. The van der Waals surface area contributed by atoms with Gasteiger partial charge in [-0.15, -0.1) is 0 Å². The molecule has 0 amide bonds. The number of carboxylic acids is 1. The molecule has 3 nitrogen and oxygen atoms in total. The zero-order valence-electron chi connectivity index (χ0n) is 7.36. The number of hydrogen-bond acceptors (Lipinski definition) is 2. The molecule has 0 aliphatic carbocycles. The van der Waals surface area contributed by atoms with Gasteiger partial charge in [-0.05, 0) is 13.0 Å². The van der Waals surface area contributed by atoms with Gasteiger partial charge in [-0.25, -0.2) is 0 Å². The molecule has 3 heteroatoms. The van der Waals surface area contributed by atoms with Crippen LogP contribution in [0.25, 0.3) is 0 Å². The van der Waals surface area contributed by atoms with Gasteiger partial charge in [0.05, 0.1) is 5.92 Å². The standard InChI is InChI=1S/C9H15NO2/c1-8(9(11)12)4-7-10-5-2-3-6-10/h2-3,8H,4-7H2,1H3,(H,11,12). The molecule has 1 atom stereocenters. The smallest absolute Gasteiger partial charge is 0.306 e. The van der Waals surface area contributed by atoms with E-state index >= 15 is 0 Å². The Morgan fingerprint density at radius 3 is 2.67 bits per heavy atom. The highest BCUT2D eigenvalue weighted by Crippen LogP contribution is 2.06. The van der Waals surface area contributed by atoms with Gasteiger partial charge in [0.25, 0.3) is 0 Å². The Morgan fingerprint density at radius 2 is 2.17 bits per heavy atom. The van der Waals surface area contributed by atoms with E-state index in [9.17, 15) is 4.79 Å². The Morgan fingerprint density at radius 1 is 1.58 bits per heavy atom. The van der Waals surface area contributed by atoms with Crippen LogP contribution in [0.4, 0.5) is 0 Å². The second-order valence-electron chi connectivity index (χ2n) is 3.26. The van der Waals surface area contributed by atoms with Gasteiger partial charge in [0.2, 0.25) is 0 Å². The SMILES string of the molecule is CC(CCN1CC=CC1)C(=O)O. The lowest BCUT2D eigenvalue weighted by molar-refractivity contribution is -0.141. The molecule has 0 bridgehead atoms. The van der Waals surface area contributed by atoms with E-state index in [1.165, 1.54) is 0 Å². The zero-order chi connectivity index (χ0) is 8.97. The summed E-state index contributed by atoms with van der Waals surface area (Å²) in [5, 5.41) is 8.62. The van der Waals surface area contributed by atoms with Crippen molar-refractivity contribution in [1.82, 2.24) is 4.90 Å². The molecule has 68 valence electrons. The lowest BCUT2D eigenvalue weighted by Gasteiger charge is -2.15. The Balaban J connectivity index is 2.12. The Kier molecular flexibility index (Phi) is 3.29. The van der Waals surface area contributed by atoms with Crippen LogP contribution in [0.3, 0.4) is 0 Å². The molecule has 0 saturated carbocycles. The average Bonchev–Trinajstić information content (AvgIpc) is 2.51. The van der Waals surface area contributed by atoms with Crippen LogP contribution in [0.1, 0.15) is 13.3 Å². The molecule has 1 aliphatic rings. The number of rotatable bonds is 4.